The van der Waals surface area contributed by atoms with Crippen LogP contribution in [0.5, 0.6) is 11.6 Å². The van der Waals surface area contributed by atoms with Crippen LogP contribution in [0.4, 0.5) is 5.69 Å². The fourth-order valence-corrected chi connectivity index (χ4v) is 1.79. The Morgan fingerprint density at radius 1 is 1.38 bits per heavy atom. The van der Waals surface area contributed by atoms with E-state index in [9.17, 15) is 10.1 Å². The molecule has 0 fully saturated rings. The Bertz CT molecular complexity index is 771. The summed E-state index contributed by atoms with van der Waals surface area (Å²) in [5.41, 5.74) is 0.324. The number of rotatable bonds is 3. The van der Waals surface area contributed by atoms with E-state index in [1.165, 1.54) is 12.1 Å². The fourth-order valence-electron chi connectivity index (χ4n) is 1.59. The minimum Gasteiger partial charge on any atom is -0.431 e. The first-order valence-corrected chi connectivity index (χ1v) is 6.17. The highest BCUT2D eigenvalue weighted by Crippen LogP contribution is 2.33. The lowest BCUT2D eigenvalue weighted by molar-refractivity contribution is -0.385. The third-order valence-electron chi connectivity index (χ3n) is 2.64. The summed E-state index contributed by atoms with van der Waals surface area (Å²) in [6.45, 7) is 3.28. The summed E-state index contributed by atoms with van der Waals surface area (Å²) in [5, 5.41) is 20.1. The van der Waals surface area contributed by atoms with Gasteiger partial charge in [0.05, 0.1) is 16.6 Å². The quantitative estimate of drug-likeness (QED) is 0.489. The Morgan fingerprint density at radius 2 is 2.10 bits per heavy atom. The molecule has 2 rings (SSSR count). The molecule has 7 nitrogen and oxygen atoms in total. The zero-order valence-corrected chi connectivity index (χ0v) is 11.9. The molecule has 8 heteroatoms. The molecule has 1 aromatic carbocycles. The molecular formula is C13H9ClN4O3. The van der Waals surface area contributed by atoms with E-state index < -0.39 is 4.92 Å². The Morgan fingerprint density at radius 3 is 2.71 bits per heavy atom. The minimum absolute atomic E-state index is 0.0173. The third-order valence-corrected chi connectivity index (χ3v) is 3.01. The van der Waals surface area contributed by atoms with Crippen LogP contribution in [0.15, 0.2) is 18.2 Å². The molecule has 1 heterocycles. The van der Waals surface area contributed by atoms with E-state index in [0.29, 0.717) is 11.4 Å². The zero-order valence-electron chi connectivity index (χ0n) is 11.1. The van der Waals surface area contributed by atoms with Crippen molar-refractivity contribution in [3.05, 3.63) is 50.4 Å². The highest BCUT2D eigenvalue weighted by atomic mass is 35.5. The number of nitro groups is 1. The van der Waals surface area contributed by atoms with Crippen LogP contribution in [0.25, 0.3) is 0 Å². The average molecular weight is 305 g/mol. The number of hydrogen-bond acceptors (Lipinski definition) is 6. The molecule has 0 spiro atoms. The van der Waals surface area contributed by atoms with Crippen molar-refractivity contribution in [2.45, 2.75) is 13.8 Å². The SMILES string of the molecule is Cc1nc(Cl)c(C)c(Oc2ccc(C#N)cc2[N+](=O)[O-])n1. The number of benzene rings is 1. The smallest absolute Gasteiger partial charge is 0.312 e. The molecule has 0 saturated carbocycles. The van der Waals surface area contributed by atoms with Gasteiger partial charge in [-0.3, -0.25) is 10.1 Å². The minimum atomic E-state index is -0.624. The van der Waals surface area contributed by atoms with Crippen molar-refractivity contribution in [2.24, 2.45) is 0 Å². The second kappa shape index (κ2) is 5.73. The molecule has 0 aliphatic carbocycles. The van der Waals surface area contributed by atoms with Gasteiger partial charge < -0.3 is 4.74 Å². The normalized spacial score (nSPS) is 10.0. The summed E-state index contributed by atoms with van der Waals surface area (Å²) in [7, 11) is 0. The van der Waals surface area contributed by atoms with Gasteiger partial charge in [0.15, 0.2) is 0 Å². The molecule has 1 aromatic heterocycles. The first-order valence-electron chi connectivity index (χ1n) is 5.79. The van der Waals surface area contributed by atoms with E-state index in [1.807, 2.05) is 6.07 Å². The van der Waals surface area contributed by atoms with E-state index in [-0.39, 0.29) is 28.0 Å². The van der Waals surface area contributed by atoms with Gasteiger partial charge in [0.1, 0.15) is 11.0 Å². The van der Waals surface area contributed by atoms with Crippen LogP contribution in [0.3, 0.4) is 0 Å². The van der Waals surface area contributed by atoms with Crippen molar-refractivity contribution >= 4 is 17.3 Å². The van der Waals surface area contributed by atoms with E-state index >= 15 is 0 Å². The summed E-state index contributed by atoms with van der Waals surface area (Å²) >= 11 is 5.93. The van der Waals surface area contributed by atoms with Gasteiger partial charge in [-0.25, -0.2) is 4.98 Å². The van der Waals surface area contributed by atoms with Crippen molar-refractivity contribution in [1.82, 2.24) is 9.97 Å². The molecule has 0 bridgehead atoms. The van der Waals surface area contributed by atoms with Gasteiger partial charge in [0.25, 0.3) is 0 Å². The van der Waals surface area contributed by atoms with E-state index in [1.54, 1.807) is 13.8 Å². The van der Waals surface area contributed by atoms with E-state index in [2.05, 4.69) is 9.97 Å². The standard InChI is InChI=1S/C13H9ClN4O3/c1-7-12(14)16-8(2)17-13(7)21-11-4-3-9(6-15)5-10(11)18(19)20/h3-5H,1-2H3. The molecule has 0 atom stereocenters. The lowest BCUT2D eigenvalue weighted by atomic mass is 10.2. The number of halogens is 1. The summed E-state index contributed by atoms with van der Waals surface area (Å²) in [6, 6.07) is 5.75. The molecule has 0 aliphatic heterocycles. The lowest BCUT2D eigenvalue weighted by Gasteiger charge is -2.09. The van der Waals surface area contributed by atoms with Crippen LogP contribution in [-0.2, 0) is 0 Å². The second-order valence-corrected chi connectivity index (χ2v) is 4.50. The summed E-state index contributed by atoms with van der Waals surface area (Å²) in [5.74, 6) is 0.508. The Labute approximate surface area is 124 Å². The van der Waals surface area contributed by atoms with Crippen molar-refractivity contribution in [2.75, 3.05) is 0 Å². The molecule has 0 unspecified atom stereocenters. The molecule has 2 aromatic rings. The number of hydrogen-bond donors (Lipinski definition) is 0. The molecule has 106 valence electrons. The maximum Gasteiger partial charge on any atom is 0.312 e. The molecule has 21 heavy (non-hydrogen) atoms. The average Bonchev–Trinajstić information content (AvgIpc) is 2.44. The molecule has 0 amide bonds. The lowest BCUT2D eigenvalue weighted by Crippen LogP contribution is -2.00. The van der Waals surface area contributed by atoms with Gasteiger partial charge >= 0.3 is 5.69 Å². The Balaban J connectivity index is 2.50. The number of nitro benzene ring substituents is 1. The van der Waals surface area contributed by atoms with Gasteiger partial charge in [0, 0.05) is 11.6 Å². The largest absolute Gasteiger partial charge is 0.431 e. The maximum absolute atomic E-state index is 11.1. The van der Waals surface area contributed by atoms with Gasteiger partial charge in [0.2, 0.25) is 11.6 Å². The number of aryl methyl sites for hydroxylation is 1. The highest BCUT2D eigenvalue weighted by molar-refractivity contribution is 6.30. The van der Waals surface area contributed by atoms with Crippen LogP contribution in [-0.4, -0.2) is 14.9 Å². The maximum atomic E-state index is 11.1. The van der Waals surface area contributed by atoms with Crippen LogP contribution >= 0.6 is 11.6 Å². The fraction of sp³-hybridized carbons (Fsp3) is 0.154. The van der Waals surface area contributed by atoms with E-state index in [0.717, 1.165) is 6.07 Å². The second-order valence-electron chi connectivity index (χ2n) is 4.15. The molecule has 0 radical (unpaired) electrons. The number of ether oxygens (including phenoxy) is 1. The molecular weight excluding hydrogens is 296 g/mol. The Kier molecular flexibility index (Phi) is 4.00. The first kappa shape index (κ1) is 14.7. The summed E-state index contributed by atoms with van der Waals surface area (Å²) in [6.07, 6.45) is 0. The molecule has 0 saturated heterocycles. The summed E-state index contributed by atoms with van der Waals surface area (Å²) < 4.78 is 5.48. The van der Waals surface area contributed by atoms with Gasteiger partial charge in [-0.15, -0.1) is 0 Å². The van der Waals surface area contributed by atoms with Gasteiger partial charge in [-0.2, -0.15) is 10.2 Å². The van der Waals surface area contributed by atoms with Gasteiger partial charge in [-0.05, 0) is 26.0 Å². The monoisotopic (exact) mass is 304 g/mol. The predicted octanol–water partition coefficient (Wildman–Crippen LogP) is 3.32. The molecule has 0 aliphatic rings. The summed E-state index contributed by atoms with van der Waals surface area (Å²) in [4.78, 5) is 18.5. The predicted molar refractivity (Wildman–Crippen MR) is 74.4 cm³/mol. The highest BCUT2D eigenvalue weighted by Gasteiger charge is 2.19. The van der Waals surface area contributed by atoms with Crippen molar-refractivity contribution in [3.63, 3.8) is 0 Å². The first-order chi connectivity index (χ1) is 9.92. The Hall–Kier alpha value is -2.72. The number of nitriles is 1. The topological polar surface area (TPSA) is 102 Å². The van der Waals surface area contributed by atoms with Crippen LogP contribution in [0.2, 0.25) is 5.15 Å². The van der Waals surface area contributed by atoms with Crippen LogP contribution in [0, 0.1) is 35.3 Å². The van der Waals surface area contributed by atoms with Crippen molar-refractivity contribution in [1.29, 1.82) is 5.26 Å². The van der Waals surface area contributed by atoms with Crippen molar-refractivity contribution < 1.29 is 9.66 Å². The van der Waals surface area contributed by atoms with Crippen LogP contribution in [0.1, 0.15) is 17.0 Å². The number of nitrogens with zero attached hydrogens (tertiary/aromatic N) is 4. The third kappa shape index (κ3) is 3.07. The van der Waals surface area contributed by atoms with Crippen molar-refractivity contribution in [3.8, 4) is 17.7 Å². The number of aromatic nitrogens is 2. The van der Waals surface area contributed by atoms with Gasteiger partial charge in [-0.1, -0.05) is 11.6 Å². The molecule has 0 N–H and O–H groups in total. The van der Waals surface area contributed by atoms with Crippen LogP contribution < -0.4 is 4.74 Å². The zero-order chi connectivity index (χ0) is 15.6. The van der Waals surface area contributed by atoms with E-state index in [4.69, 9.17) is 21.6 Å².